The second-order valence-corrected chi connectivity index (χ2v) is 6.78. The Kier molecular flexibility index (Phi) is 3.77. The van der Waals surface area contributed by atoms with E-state index in [1.807, 2.05) is 31.2 Å². The van der Waals surface area contributed by atoms with E-state index in [2.05, 4.69) is 20.3 Å². The zero-order valence-corrected chi connectivity index (χ0v) is 14.5. The van der Waals surface area contributed by atoms with Gasteiger partial charge in [0, 0.05) is 35.3 Å². The van der Waals surface area contributed by atoms with E-state index in [1.165, 1.54) is 0 Å². The number of hydrogen-bond donors (Lipinski definition) is 2. The van der Waals surface area contributed by atoms with Gasteiger partial charge in [0.1, 0.15) is 16.6 Å². The van der Waals surface area contributed by atoms with Crippen LogP contribution in [0.1, 0.15) is 11.3 Å². The quantitative estimate of drug-likeness (QED) is 0.588. The Hall–Kier alpha value is -3.06. The standard InChI is InChI=1S/C18H15N5OS/c1-10-3-4-15(23-17(10)24)22-16-8-13-14(9-20-16)25-18(21-13)12-5-6-19-11(2)7-12/h3-9H,1-2H3,(H2,20,22,23,24). The average Bonchev–Trinajstić information content (AvgIpc) is 3.02. The second kappa shape index (κ2) is 6.10. The third-order valence-corrected chi connectivity index (χ3v) is 4.84. The molecule has 0 radical (unpaired) electrons. The molecule has 0 aromatic carbocycles. The molecule has 7 heteroatoms. The maximum absolute atomic E-state index is 11.7. The van der Waals surface area contributed by atoms with Crippen LogP contribution in [0.25, 0.3) is 20.8 Å². The summed E-state index contributed by atoms with van der Waals surface area (Å²) in [5.74, 6) is 1.23. The summed E-state index contributed by atoms with van der Waals surface area (Å²) < 4.78 is 1.01. The molecule has 0 bridgehead atoms. The molecular formula is C18H15N5OS. The molecule has 0 saturated heterocycles. The average molecular weight is 349 g/mol. The van der Waals surface area contributed by atoms with Gasteiger partial charge in [-0.2, -0.15) is 0 Å². The number of nitrogens with one attached hydrogen (secondary N) is 2. The van der Waals surface area contributed by atoms with Crippen molar-refractivity contribution in [3.63, 3.8) is 0 Å². The van der Waals surface area contributed by atoms with Crippen LogP contribution in [0.15, 0.2) is 47.5 Å². The van der Waals surface area contributed by atoms with Crippen LogP contribution < -0.4 is 10.9 Å². The molecule has 0 saturated carbocycles. The highest BCUT2D eigenvalue weighted by atomic mass is 32.1. The van der Waals surface area contributed by atoms with Gasteiger partial charge in [0.2, 0.25) is 0 Å². The molecule has 0 atom stereocenters. The Labute approximate surface area is 147 Å². The van der Waals surface area contributed by atoms with Crippen molar-refractivity contribution in [2.45, 2.75) is 13.8 Å². The fourth-order valence-electron chi connectivity index (χ4n) is 2.46. The summed E-state index contributed by atoms with van der Waals surface area (Å²) in [5.41, 5.74) is 3.42. The van der Waals surface area contributed by atoms with Crippen molar-refractivity contribution in [2.24, 2.45) is 0 Å². The van der Waals surface area contributed by atoms with E-state index < -0.39 is 0 Å². The lowest BCUT2D eigenvalue weighted by Crippen LogP contribution is -2.10. The molecule has 4 aromatic rings. The second-order valence-electron chi connectivity index (χ2n) is 5.75. The largest absolute Gasteiger partial charge is 0.326 e. The summed E-state index contributed by atoms with van der Waals surface area (Å²) >= 11 is 1.59. The SMILES string of the molecule is Cc1cc(-c2nc3cc(Nc4ccc(C)c(=O)[nH]4)ncc3s2)ccn1. The third-order valence-electron chi connectivity index (χ3n) is 3.79. The highest BCUT2D eigenvalue weighted by Crippen LogP contribution is 2.31. The summed E-state index contributed by atoms with van der Waals surface area (Å²) in [6.45, 7) is 3.73. The molecule has 124 valence electrons. The van der Waals surface area contributed by atoms with Crippen LogP contribution in [0, 0.1) is 13.8 Å². The van der Waals surface area contributed by atoms with Gasteiger partial charge < -0.3 is 10.3 Å². The first kappa shape index (κ1) is 15.5. The number of fused-ring (bicyclic) bond motifs is 1. The van der Waals surface area contributed by atoms with E-state index in [-0.39, 0.29) is 5.56 Å². The fourth-order valence-corrected chi connectivity index (χ4v) is 3.37. The van der Waals surface area contributed by atoms with E-state index in [0.29, 0.717) is 17.2 Å². The Morgan fingerprint density at radius 3 is 2.80 bits per heavy atom. The van der Waals surface area contributed by atoms with Crippen LogP contribution >= 0.6 is 11.3 Å². The van der Waals surface area contributed by atoms with Crippen molar-refractivity contribution in [2.75, 3.05) is 5.32 Å². The number of pyridine rings is 3. The summed E-state index contributed by atoms with van der Waals surface area (Å²) in [5, 5.41) is 4.04. The first-order valence-electron chi connectivity index (χ1n) is 7.75. The van der Waals surface area contributed by atoms with E-state index in [4.69, 9.17) is 4.98 Å². The molecular weight excluding hydrogens is 334 g/mol. The summed E-state index contributed by atoms with van der Waals surface area (Å²) in [6.07, 6.45) is 3.58. The van der Waals surface area contributed by atoms with Gasteiger partial charge in [0.25, 0.3) is 5.56 Å². The molecule has 0 aliphatic rings. The molecule has 4 aromatic heterocycles. The summed E-state index contributed by atoms with van der Waals surface area (Å²) in [6, 6.07) is 9.43. The van der Waals surface area contributed by atoms with Crippen molar-refractivity contribution < 1.29 is 0 Å². The summed E-state index contributed by atoms with van der Waals surface area (Å²) in [7, 11) is 0. The molecule has 0 unspecified atom stereocenters. The normalized spacial score (nSPS) is 11.0. The maximum Gasteiger partial charge on any atom is 0.252 e. The molecule has 0 amide bonds. The lowest BCUT2D eigenvalue weighted by Gasteiger charge is -2.05. The van der Waals surface area contributed by atoms with Crippen molar-refractivity contribution in [1.82, 2.24) is 19.9 Å². The van der Waals surface area contributed by atoms with Gasteiger partial charge in [0.15, 0.2) is 0 Å². The van der Waals surface area contributed by atoms with E-state index in [0.717, 1.165) is 26.5 Å². The fraction of sp³-hybridized carbons (Fsp3) is 0.111. The van der Waals surface area contributed by atoms with Crippen molar-refractivity contribution in [3.05, 3.63) is 64.3 Å². The summed E-state index contributed by atoms with van der Waals surface area (Å²) in [4.78, 5) is 27.8. The van der Waals surface area contributed by atoms with Crippen molar-refractivity contribution in [3.8, 4) is 10.6 Å². The number of aromatic amines is 1. The van der Waals surface area contributed by atoms with Crippen molar-refractivity contribution in [1.29, 1.82) is 0 Å². The predicted octanol–water partition coefficient (Wildman–Crippen LogP) is 3.80. The zero-order valence-electron chi connectivity index (χ0n) is 13.7. The van der Waals surface area contributed by atoms with Gasteiger partial charge in [-0.15, -0.1) is 11.3 Å². The molecule has 4 heterocycles. The number of thiazole rings is 1. The number of hydrogen-bond acceptors (Lipinski definition) is 6. The minimum atomic E-state index is -0.116. The van der Waals surface area contributed by atoms with Crippen LogP contribution in [0.4, 0.5) is 11.6 Å². The van der Waals surface area contributed by atoms with E-state index >= 15 is 0 Å². The number of aromatic nitrogens is 4. The van der Waals surface area contributed by atoms with E-state index in [1.54, 1.807) is 36.7 Å². The van der Waals surface area contributed by atoms with Crippen LogP contribution in [0.5, 0.6) is 0 Å². The highest BCUT2D eigenvalue weighted by Gasteiger charge is 2.09. The van der Waals surface area contributed by atoms with Gasteiger partial charge in [-0.1, -0.05) is 6.07 Å². The minimum absolute atomic E-state index is 0.116. The van der Waals surface area contributed by atoms with Gasteiger partial charge in [-0.25, -0.2) is 9.97 Å². The molecule has 0 spiro atoms. The van der Waals surface area contributed by atoms with Crippen molar-refractivity contribution >= 4 is 33.2 Å². The first-order chi connectivity index (χ1) is 12.1. The Morgan fingerprint density at radius 2 is 2.00 bits per heavy atom. The Morgan fingerprint density at radius 1 is 1.12 bits per heavy atom. The molecule has 4 rings (SSSR count). The van der Waals surface area contributed by atoms with Crippen LogP contribution in [-0.4, -0.2) is 19.9 Å². The molecule has 25 heavy (non-hydrogen) atoms. The van der Waals surface area contributed by atoms with Gasteiger partial charge in [-0.05, 0) is 32.0 Å². The van der Waals surface area contributed by atoms with E-state index in [9.17, 15) is 4.79 Å². The van der Waals surface area contributed by atoms with Gasteiger partial charge in [-0.3, -0.25) is 9.78 Å². The van der Waals surface area contributed by atoms with Crippen LogP contribution in [0.3, 0.4) is 0 Å². The Bertz CT molecular complexity index is 1130. The smallest absolute Gasteiger partial charge is 0.252 e. The predicted molar refractivity (Wildman–Crippen MR) is 100 cm³/mol. The maximum atomic E-state index is 11.7. The van der Waals surface area contributed by atoms with Gasteiger partial charge >= 0.3 is 0 Å². The third kappa shape index (κ3) is 3.14. The first-order valence-corrected chi connectivity index (χ1v) is 8.57. The molecule has 0 aliphatic heterocycles. The van der Waals surface area contributed by atoms with Crippen LogP contribution in [0.2, 0.25) is 0 Å². The molecule has 0 fully saturated rings. The minimum Gasteiger partial charge on any atom is -0.326 e. The van der Waals surface area contributed by atoms with Gasteiger partial charge in [0.05, 0.1) is 10.2 Å². The highest BCUT2D eigenvalue weighted by molar-refractivity contribution is 7.21. The molecule has 2 N–H and O–H groups in total. The monoisotopic (exact) mass is 349 g/mol. The number of anilines is 2. The lowest BCUT2D eigenvalue weighted by atomic mass is 10.2. The molecule has 6 nitrogen and oxygen atoms in total. The molecule has 0 aliphatic carbocycles. The number of H-pyrrole nitrogens is 1. The number of rotatable bonds is 3. The zero-order chi connectivity index (χ0) is 17.4. The lowest BCUT2D eigenvalue weighted by molar-refractivity contribution is 1.17. The van der Waals surface area contributed by atoms with Crippen LogP contribution in [-0.2, 0) is 0 Å². The number of aryl methyl sites for hydroxylation is 2. The topological polar surface area (TPSA) is 83.6 Å². The Balaban J connectivity index is 1.68. The number of nitrogens with zero attached hydrogens (tertiary/aromatic N) is 3.